The van der Waals surface area contributed by atoms with E-state index in [1.807, 2.05) is 36.4 Å². The molecule has 0 heterocycles. The molecule has 13 heavy (non-hydrogen) atoms. The van der Waals surface area contributed by atoms with Gasteiger partial charge in [0, 0.05) is 5.69 Å². The van der Waals surface area contributed by atoms with Crippen LogP contribution in [0.25, 0.3) is 0 Å². The maximum atomic E-state index is 8.59. The molecule has 0 saturated heterocycles. The Morgan fingerprint density at radius 1 is 1.38 bits per heavy atom. The summed E-state index contributed by atoms with van der Waals surface area (Å²) in [5, 5.41) is 12.2. The van der Waals surface area contributed by atoms with E-state index in [2.05, 4.69) is 17.9 Å². The molecule has 0 amide bonds. The third-order valence-corrected chi connectivity index (χ3v) is 2.01. The number of rotatable bonds is 2. The van der Waals surface area contributed by atoms with Gasteiger partial charge in [0.15, 0.2) is 0 Å². The second kappa shape index (κ2) is 4.58. The highest BCUT2D eigenvalue weighted by molar-refractivity contribution is 7.84. The maximum Gasteiger partial charge on any atom is 0.0971 e. The molecule has 1 rings (SSSR count). The van der Waals surface area contributed by atoms with Gasteiger partial charge in [-0.25, -0.2) is 0 Å². The molecule has 0 radical (unpaired) electrons. The zero-order valence-electron chi connectivity index (χ0n) is 7.28. The van der Waals surface area contributed by atoms with E-state index in [9.17, 15) is 0 Å². The molecular formula is C10H10N2S. The molecule has 0 spiro atoms. The Hall–Kier alpha value is -1.40. The number of nitrogens with zero attached hydrogens (tertiary/aromatic N) is 1. The SMILES string of the molecule is C/C(C#N)=C(/S)Nc1ccccc1. The summed E-state index contributed by atoms with van der Waals surface area (Å²) in [6.45, 7) is 1.72. The Labute approximate surface area is 83.3 Å². The summed E-state index contributed by atoms with van der Waals surface area (Å²) < 4.78 is 0. The van der Waals surface area contributed by atoms with E-state index < -0.39 is 0 Å². The lowest BCUT2D eigenvalue weighted by Gasteiger charge is -2.05. The van der Waals surface area contributed by atoms with Gasteiger partial charge in [-0.05, 0) is 19.1 Å². The van der Waals surface area contributed by atoms with Crippen LogP contribution in [0.5, 0.6) is 0 Å². The number of thiol groups is 1. The first kappa shape index (κ1) is 9.69. The molecule has 0 atom stereocenters. The number of benzene rings is 1. The van der Waals surface area contributed by atoms with Gasteiger partial charge in [0.05, 0.1) is 16.7 Å². The fraction of sp³-hybridized carbons (Fsp3) is 0.100. The Balaban J connectivity index is 2.78. The number of hydrogen-bond donors (Lipinski definition) is 2. The standard InChI is InChI=1S/C10H10N2S/c1-8(7-11)10(13)12-9-5-3-2-4-6-9/h2-6,12-13H,1H3/b10-8-. The lowest BCUT2D eigenvalue weighted by atomic mass is 10.3. The summed E-state index contributed by atoms with van der Waals surface area (Å²) in [7, 11) is 0. The van der Waals surface area contributed by atoms with Gasteiger partial charge in [-0.2, -0.15) is 5.26 Å². The predicted molar refractivity (Wildman–Crippen MR) is 57.4 cm³/mol. The van der Waals surface area contributed by atoms with Crippen molar-refractivity contribution in [3.8, 4) is 6.07 Å². The monoisotopic (exact) mass is 190 g/mol. The van der Waals surface area contributed by atoms with Crippen molar-refractivity contribution >= 4 is 18.3 Å². The minimum Gasteiger partial charge on any atom is -0.350 e. The first-order chi connectivity index (χ1) is 6.24. The summed E-state index contributed by atoms with van der Waals surface area (Å²) in [4.78, 5) is 0. The normalized spacial score (nSPS) is 11.5. The molecule has 0 bridgehead atoms. The molecule has 0 unspecified atom stereocenters. The van der Waals surface area contributed by atoms with Crippen LogP contribution in [0.1, 0.15) is 6.92 Å². The highest BCUT2D eigenvalue weighted by Gasteiger charge is 1.96. The van der Waals surface area contributed by atoms with Crippen molar-refractivity contribution < 1.29 is 0 Å². The zero-order valence-corrected chi connectivity index (χ0v) is 8.18. The number of nitriles is 1. The molecule has 2 nitrogen and oxygen atoms in total. The lowest BCUT2D eigenvalue weighted by Crippen LogP contribution is -1.95. The van der Waals surface area contributed by atoms with Crippen LogP contribution in [0.15, 0.2) is 40.9 Å². The Morgan fingerprint density at radius 2 is 2.00 bits per heavy atom. The van der Waals surface area contributed by atoms with Crippen LogP contribution >= 0.6 is 12.6 Å². The average Bonchev–Trinajstić information content (AvgIpc) is 2.18. The second-order valence-electron chi connectivity index (χ2n) is 2.58. The molecule has 3 heteroatoms. The van der Waals surface area contributed by atoms with E-state index in [0.717, 1.165) is 5.69 Å². The van der Waals surface area contributed by atoms with Crippen LogP contribution in [0.3, 0.4) is 0 Å². The Bertz CT molecular complexity index is 349. The van der Waals surface area contributed by atoms with Crippen LogP contribution in [0, 0.1) is 11.3 Å². The molecule has 66 valence electrons. The quantitative estimate of drug-likeness (QED) is 0.555. The van der Waals surface area contributed by atoms with Gasteiger partial charge in [-0.3, -0.25) is 0 Å². The summed E-state index contributed by atoms with van der Waals surface area (Å²) in [6.07, 6.45) is 0. The summed E-state index contributed by atoms with van der Waals surface area (Å²) in [5.41, 5.74) is 1.51. The van der Waals surface area contributed by atoms with Crippen molar-refractivity contribution in [1.29, 1.82) is 5.26 Å². The van der Waals surface area contributed by atoms with Crippen LogP contribution in [-0.2, 0) is 0 Å². The fourth-order valence-corrected chi connectivity index (χ4v) is 0.984. The van der Waals surface area contributed by atoms with Crippen molar-refractivity contribution in [2.75, 3.05) is 5.32 Å². The summed E-state index contributed by atoms with van der Waals surface area (Å²) in [6, 6.07) is 11.6. The van der Waals surface area contributed by atoms with Crippen LogP contribution in [0.4, 0.5) is 5.69 Å². The molecule has 0 saturated carbocycles. The summed E-state index contributed by atoms with van der Waals surface area (Å²) >= 11 is 4.16. The third kappa shape index (κ3) is 2.85. The van der Waals surface area contributed by atoms with Gasteiger partial charge in [-0.15, -0.1) is 12.6 Å². The lowest BCUT2D eigenvalue weighted by molar-refractivity contribution is 1.40. The minimum atomic E-state index is 0.576. The highest BCUT2D eigenvalue weighted by atomic mass is 32.1. The molecule has 0 fully saturated rings. The minimum absolute atomic E-state index is 0.576. The Kier molecular flexibility index (Phi) is 3.41. The van der Waals surface area contributed by atoms with Crippen LogP contribution < -0.4 is 5.32 Å². The third-order valence-electron chi connectivity index (χ3n) is 1.56. The van der Waals surface area contributed by atoms with Crippen LogP contribution in [-0.4, -0.2) is 0 Å². The van der Waals surface area contributed by atoms with Gasteiger partial charge >= 0.3 is 0 Å². The first-order valence-corrected chi connectivity index (χ1v) is 4.31. The topological polar surface area (TPSA) is 35.8 Å². The molecule has 1 aromatic rings. The van der Waals surface area contributed by atoms with Crippen LogP contribution in [0.2, 0.25) is 0 Å². The van der Waals surface area contributed by atoms with Gasteiger partial charge in [0.25, 0.3) is 0 Å². The van der Waals surface area contributed by atoms with Gasteiger partial charge in [0.2, 0.25) is 0 Å². The van der Waals surface area contributed by atoms with E-state index in [4.69, 9.17) is 5.26 Å². The van der Waals surface area contributed by atoms with Crippen molar-refractivity contribution in [3.05, 3.63) is 40.9 Å². The molecule has 0 aromatic heterocycles. The van der Waals surface area contributed by atoms with Gasteiger partial charge < -0.3 is 5.32 Å². The molecule has 0 aliphatic rings. The molecule has 1 N–H and O–H groups in total. The fourth-order valence-electron chi connectivity index (χ4n) is 0.805. The van der Waals surface area contributed by atoms with Crippen molar-refractivity contribution in [1.82, 2.24) is 0 Å². The smallest absolute Gasteiger partial charge is 0.0971 e. The number of hydrogen-bond acceptors (Lipinski definition) is 3. The van der Waals surface area contributed by atoms with Crippen molar-refractivity contribution in [3.63, 3.8) is 0 Å². The molecule has 0 aliphatic carbocycles. The maximum absolute atomic E-state index is 8.59. The van der Waals surface area contributed by atoms with Crippen molar-refractivity contribution in [2.24, 2.45) is 0 Å². The highest BCUT2D eigenvalue weighted by Crippen LogP contribution is 2.13. The number of anilines is 1. The van der Waals surface area contributed by atoms with E-state index in [0.29, 0.717) is 10.6 Å². The second-order valence-corrected chi connectivity index (χ2v) is 3.02. The van der Waals surface area contributed by atoms with E-state index >= 15 is 0 Å². The average molecular weight is 190 g/mol. The number of para-hydroxylation sites is 1. The van der Waals surface area contributed by atoms with E-state index in [1.165, 1.54) is 0 Å². The first-order valence-electron chi connectivity index (χ1n) is 3.86. The molecule has 0 aliphatic heterocycles. The van der Waals surface area contributed by atoms with E-state index in [1.54, 1.807) is 6.92 Å². The number of nitrogens with one attached hydrogen (secondary N) is 1. The summed E-state index contributed by atoms with van der Waals surface area (Å²) in [5.74, 6) is 0. The zero-order chi connectivity index (χ0) is 9.68. The van der Waals surface area contributed by atoms with Crippen molar-refractivity contribution in [2.45, 2.75) is 6.92 Å². The predicted octanol–water partition coefficient (Wildman–Crippen LogP) is 2.78. The number of allylic oxidation sites excluding steroid dienone is 1. The molecule has 1 aromatic carbocycles. The molecular weight excluding hydrogens is 180 g/mol. The van der Waals surface area contributed by atoms with E-state index in [-0.39, 0.29) is 0 Å². The largest absolute Gasteiger partial charge is 0.350 e. The van der Waals surface area contributed by atoms with Gasteiger partial charge in [-0.1, -0.05) is 18.2 Å². The Morgan fingerprint density at radius 3 is 2.54 bits per heavy atom. The van der Waals surface area contributed by atoms with Gasteiger partial charge in [0.1, 0.15) is 0 Å².